The molecule has 2 rings (SSSR count). The second-order valence-corrected chi connectivity index (χ2v) is 4.09. The molecule has 0 saturated heterocycles. The molecule has 0 bridgehead atoms. The molecule has 1 aliphatic carbocycles. The molecule has 5 heteroatoms. The first-order chi connectivity index (χ1) is 8.60. The van der Waals surface area contributed by atoms with Gasteiger partial charge in [0.2, 0.25) is 5.78 Å². The lowest BCUT2D eigenvalue weighted by Gasteiger charge is -2.39. The summed E-state index contributed by atoms with van der Waals surface area (Å²) < 4.78 is 20.7. The van der Waals surface area contributed by atoms with Gasteiger partial charge in [0.25, 0.3) is 5.79 Å². The monoisotopic (exact) mass is 252 g/mol. The summed E-state index contributed by atoms with van der Waals surface area (Å²) >= 11 is 0. The van der Waals surface area contributed by atoms with Gasteiger partial charge in [0, 0.05) is 26.9 Å². The lowest BCUT2D eigenvalue weighted by atomic mass is 9.78. The van der Waals surface area contributed by atoms with Gasteiger partial charge in [-0.25, -0.2) is 0 Å². The number of fused-ring (bicyclic) bond motifs is 1. The largest absolute Gasteiger partial charge is 0.467 e. The van der Waals surface area contributed by atoms with E-state index in [-0.39, 0.29) is 12.6 Å². The van der Waals surface area contributed by atoms with Crippen molar-refractivity contribution in [3.63, 3.8) is 0 Å². The highest BCUT2D eigenvalue weighted by Gasteiger charge is 2.55. The summed E-state index contributed by atoms with van der Waals surface area (Å²) in [7, 11) is 4.42. The van der Waals surface area contributed by atoms with Crippen molar-refractivity contribution in [2.45, 2.75) is 12.7 Å². The van der Waals surface area contributed by atoms with Crippen molar-refractivity contribution in [2.75, 3.05) is 28.1 Å². The number of Topliss-reactive ketones (excluding diaryl/α,β-unsaturated/α-hetero) is 1. The Hall–Kier alpha value is -1.43. The number of rotatable bonds is 5. The van der Waals surface area contributed by atoms with Crippen molar-refractivity contribution < 1.29 is 23.7 Å². The van der Waals surface area contributed by atoms with Gasteiger partial charge in [0.15, 0.2) is 6.79 Å². The number of hydrogen-bond acceptors (Lipinski definition) is 5. The first-order valence-electron chi connectivity index (χ1n) is 5.52. The van der Waals surface area contributed by atoms with Gasteiger partial charge in [0.05, 0.1) is 5.56 Å². The summed E-state index contributed by atoms with van der Waals surface area (Å²) in [5, 5.41) is 0. The number of carbonyl (C=O) groups is 1. The van der Waals surface area contributed by atoms with Gasteiger partial charge in [-0.3, -0.25) is 4.79 Å². The third-order valence-electron chi connectivity index (χ3n) is 3.03. The molecule has 1 aliphatic rings. The molecule has 18 heavy (non-hydrogen) atoms. The number of aryl methyl sites for hydroxylation is 1. The highest BCUT2D eigenvalue weighted by Crippen LogP contribution is 2.47. The van der Waals surface area contributed by atoms with Crippen molar-refractivity contribution in [1.82, 2.24) is 0 Å². The Kier molecular flexibility index (Phi) is 3.38. The Morgan fingerprint density at radius 2 is 1.83 bits per heavy atom. The Labute approximate surface area is 106 Å². The fourth-order valence-corrected chi connectivity index (χ4v) is 2.20. The van der Waals surface area contributed by atoms with E-state index in [0.717, 1.165) is 5.56 Å². The molecule has 0 unspecified atom stereocenters. The summed E-state index contributed by atoms with van der Waals surface area (Å²) in [4.78, 5) is 12.2. The van der Waals surface area contributed by atoms with Crippen LogP contribution in [0.4, 0.5) is 0 Å². The van der Waals surface area contributed by atoms with Crippen molar-refractivity contribution in [2.24, 2.45) is 0 Å². The van der Waals surface area contributed by atoms with E-state index in [1.165, 1.54) is 21.3 Å². The van der Waals surface area contributed by atoms with Crippen molar-refractivity contribution in [3.8, 4) is 5.75 Å². The maximum absolute atomic E-state index is 12.2. The van der Waals surface area contributed by atoms with Crippen LogP contribution < -0.4 is 4.74 Å². The number of methoxy groups -OCH3 is 3. The van der Waals surface area contributed by atoms with Crippen LogP contribution in [-0.2, 0) is 20.0 Å². The van der Waals surface area contributed by atoms with Crippen molar-refractivity contribution in [1.29, 1.82) is 0 Å². The quantitative estimate of drug-likeness (QED) is 0.745. The van der Waals surface area contributed by atoms with Crippen LogP contribution in [0.3, 0.4) is 0 Å². The Morgan fingerprint density at radius 3 is 2.39 bits per heavy atom. The van der Waals surface area contributed by atoms with E-state index in [0.29, 0.717) is 16.9 Å². The summed E-state index contributed by atoms with van der Waals surface area (Å²) in [6.45, 7) is 2.01. The van der Waals surface area contributed by atoms with Crippen LogP contribution in [0.1, 0.15) is 21.5 Å². The number of benzene rings is 1. The van der Waals surface area contributed by atoms with Gasteiger partial charge in [-0.2, -0.15) is 0 Å². The van der Waals surface area contributed by atoms with Crippen LogP contribution in [-0.4, -0.2) is 33.9 Å². The van der Waals surface area contributed by atoms with E-state index in [4.69, 9.17) is 18.9 Å². The maximum Gasteiger partial charge on any atom is 0.261 e. The molecule has 0 aromatic heterocycles. The molecule has 1 aromatic rings. The number of ether oxygens (including phenoxy) is 4. The Bertz CT molecular complexity index is 477. The first-order valence-corrected chi connectivity index (χ1v) is 5.52. The van der Waals surface area contributed by atoms with Gasteiger partial charge in [-0.05, 0) is 24.6 Å². The van der Waals surface area contributed by atoms with Gasteiger partial charge >= 0.3 is 0 Å². The van der Waals surface area contributed by atoms with Gasteiger partial charge in [-0.15, -0.1) is 0 Å². The molecule has 0 radical (unpaired) electrons. The predicted octanol–water partition coefficient (Wildman–Crippen LogP) is 1.62. The van der Waals surface area contributed by atoms with E-state index >= 15 is 0 Å². The van der Waals surface area contributed by atoms with Gasteiger partial charge < -0.3 is 18.9 Å². The van der Waals surface area contributed by atoms with Crippen LogP contribution in [0.5, 0.6) is 5.75 Å². The molecule has 0 amide bonds. The zero-order chi connectivity index (χ0) is 13.3. The highest BCUT2D eigenvalue weighted by molar-refractivity contribution is 6.13. The Morgan fingerprint density at radius 1 is 1.17 bits per heavy atom. The second kappa shape index (κ2) is 4.68. The van der Waals surface area contributed by atoms with Crippen LogP contribution >= 0.6 is 0 Å². The average molecular weight is 252 g/mol. The molecule has 1 aromatic carbocycles. The zero-order valence-electron chi connectivity index (χ0n) is 10.9. The van der Waals surface area contributed by atoms with Crippen LogP contribution in [0, 0.1) is 6.92 Å². The Balaban J connectivity index is 2.48. The minimum absolute atomic E-state index is 0.0934. The lowest BCUT2D eigenvalue weighted by Crippen LogP contribution is -2.49. The SMILES string of the molecule is COCOc1cc(C)cc2c1C(=O)C2(OC)OC. The molecule has 0 atom stereocenters. The summed E-state index contributed by atoms with van der Waals surface area (Å²) in [5.74, 6) is -1.01. The average Bonchev–Trinajstić information content (AvgIpc) is 2.37. The predicted molar refractivity (Wildman–Crippen MR) is 63.7 cm³/mol. The lowest BCUT2D eigenvalue weighted by molar-refractivity contribution is -0.186. The standard InChI is InChI=1S/C13H16O5/c1-8-5-9-11(10(6-8)18-7-15-2)12(14)13(9,16-3)17-4/h5-6H,7H2,1-4H3. The van der Waals surface area contributed by atoms with Gasteiger partial charge in [0.1, 0.15) is 5.75 Å². The molecule has 0 fully saturated rings. The molecule has 0 aliphatic heterocycles. The highest BCUT2D eigenvalue weighted by atomic mass is 16.7. The molecular formula is C13H16O5. The number of ketones is 1. The maximum atomic E-state index is 12.2. The molecule has 0 spiro atoms. The van der Waals surface area contributed by atoms with E-state index < -0.39 is 5.79 Å². The van der Waals surface area contributed by atoms with Gasteiger partial charge in [-0.1, -0.05) is 0 Å². The van der Waals surface area contributed by atoms with E-state index in [1.54, 1.807) is 6.07 Å². The smallest absolute Gasteiger partial charge is 0.261 e. The summed E-state index contributed by atoms with van der Waals surface area (Å²) in [5.41, 5.74) is 2.16. The van der Waals surface area contributed by atoms with Crippen molar-refractivity contribution in [3.05, 3.63) is 28.8 Å². The number of hydrogen-bond donors (Lipinski definition) is 0. The minimum Gasteiger partial charge on any atom is -0.467 e. The molecule has 5 nitrogen and oxygen atoms in total. The molecule has 98 valence electrons. The summed E-state index contributed by atoms with van der Waals surface area (Å²) in [6.07, 6.45) is 0. The topological polar surface area (TPSA) is 54.0 Å². The van der Waals surface area contributed by atoms with Crippen molar-refractivity contribution >= 4 is 5.78 Å². The van der Waals surface area contributed by atoms with E-state index in [9.17, 15) is 4.79 Å². The fourth-order valence-electron chi connectivity index (χ4n) is 2.20. The zero-order valence-corrected chi connectivity index (χ0v) is 10.9. The number of carbonyl (C=O) groups excluding carboxylic acids is 1. The molecular weight excluding hydrogens is 236 g/mol. The third kappa shape index (κ3) is 1.63. The molecule has 0 saturated carbocycles. The van der Waals surface area contributed by atoms with Crippen LogP contribution in [0.25, 0.3) is 0 Å². The molecule has 0 heterocycles. The second-order valence-electron chi connectivity index (χ2n) is 4.09. The normalized spacial score (nSPS) is 16.1. The van der Waals surface area contributed by atoms with E-state index in [2.05, 4.69) is 0 Å². The van der Waals surface area contributed by atoms with Crippen LogP contribution in [0.2, 0.25) is 0 Å². The molecule has 0 N–H and O–H groups in total. The van der Waals surface area contributed by atoms with Crippen LogP contribution in [0.15, 0.2) is 12.1 Å². The minimum atomic E-state index is -1.29. The fraction of sp³-hybridized carbons (Fsp3) is 0.462. The summed E-state index contributed by atoms with van der Waals surface area (Å²) in [6, 6.07) is 3.66. The van der Waals surface area contributed by atoms with E-state index in [1.807, 2.05) is 13.0 Å². The first kappa shape index (κ1) is 13.0. The third-order valence-corrected chi connectivity index (χ3v) is 3.03.